The number of aryl methyl sites for hydroxylation is 2. The van der Waals surface area contributed by atoms with E-state index in [-0.39, 0.29) is 0 Å². The fourth-order valence-corrected chi connectivity index (χ4v) is 4.58. The van der Waals surface area contributed by atoms with Crippen molar-refractivity contribution < 1.29 is 4.74 Å². The van der Waals surface area contributed by atoms with Crippen molar-refractivity contribution in [2.24, 2.45) is 5.92 Å². The predicted molar refractivity (Wildman–Crippen MR) is 86.6 cm³/mol. The van der Waals surface area contributed by atoms with Gasteiger partial charge < -0.3 is 4.74 Å². The second-order valence-corrected chi connectivity index (χ2v) is 7.02. The molecule has 2 atom stereocenters. The summed E-state index contributed by atoms with van der Waals surface area (Å²) >= 11 is 3.96. The van der Waals surface area contributed by atoms with Gasteiger partial charge in [0.15, 0.2) is 0 Å². The van der Waals surface area contributed by atoms with E-state index in [4.69, 9.17) is 4.74 Å². The Labute approximate surface area is 128 Å². The van der Waals surface area contributed by atoms with Gasteiger partial charge in [-0.3, -0.25) is 0 Å². The van der Waals surface area contributed by atoms with Gasteiger partial charge in [-0.1, -0.05) is 46.3 Å². The summed E-state index contributed by atoms with van der Waals surface area (Å²) in [5.74, 6) is 0.599. The lowest BCUT2D eigenvalue weighted by Crippen LogP contribution is -2.21. The third-order valence-corrected chi connectivity index (χ3v) is 6.06. The molecule has 1 aliphatic heterocycles. The highest BCUT2D eigenvalue weighted by Crippen LogP contribution is 2.42. The highest BCUT2D eigenvalue weighted by Gasteiger charge is 2.26. The van der Waals surface area contributed by atoms with E-state index in [1.54, 1.807) is 0 Å². The summed E-state index contributed by atoms with van der Waals surface area (Å²) in [6.45, 7) is 1.82. The molecule has 1 saturated heterocycles. The molecule has 0 bridgehead atoms. The molecule has 2 aromatic rings. The fraction of sp³-hybridized carbons (Fsp3) is 0.444. The van der Waals surface area contributed by atoms with Gasteiger partial charge in [-0.15, -0.1) is 0 Å². The van der Waals surface area contributed by atoms with Gasteiger partial charge >= 0.3 is 0 Å². The van der Waals surface area contributed by atoms with Crippen LogP contribution in [0, 0.1) is 5.92 Å². The van der Waals surface area contributed by atoms with Crippen LogP contribution in [-0.4, -0.2) is 13.2 Å². The molecule has 1 nitrogen and oxygen atoms in total. The number of halogens is 1. The highest BCUT2D eigenvalue weighted by molar-refractivity contribution is 9.09. The summed E-state index contributed by atoms with van der Waals surface area (Å²) in [5.41, 5.74) is 4.50. The van der Waals surface area contributed by atoms with Gasteiger partial charge in [0.05, 0.1) is 6.61 Å². The van der Waals surface area contributed by atoms with Crippen LogP contribution in [0.2, 0.25) is 0 Å². The Morgan fingerprint density at radius 2 is 1.95 bits per heavy atom. The third-order valence-electron chi connectivity index (χ3n) is 4.82. The first-order valence-electron chi connectivity index (χ1n) is 7.60. The van der Waals surface area contributed by atoms with Crippen molar-refractivity contribution in [2.75, 3.05) is 13.2 Å². The van der Waals surface area contributed by atoms with Crippen molar-refractivity contribution in [1.29, 1.82) is 0 Å². The van der Waals surface area contributed by atoms with Gasteiger partial charge in [-0.2, -0.15) is 0 Å². The first-order chi connectivity index (χ1) is 9.84. The molecule has 1 fully saturated rings. The Balaban J connectivity index is 1.80. The van der Waals surface area contributed by atoms with Crippen LogP contribution in [0.15, 0.2) is 30.3 Å². The monoisotopic (exact) mass is 330 g/mol. The maximum absolute atomic E-state index is 5.67. The van der Waals surface area contributed by atoms with Gasteiger partial charge in [0.2, 0.25) is 0 Å². The van der Waals surface area contributed by atoms with E-state index in [0.717, 1.165) is 13.2 Å². The molecule has 4 rings (SSSR count). The molecular weight excluding hydrogens is 312 g/mol. The number of alkyl halides is 1. The molecule has 0 saturated carbocycles. The lowest BCUT2D eigenvalue weighted by atomic mass is 9.90. The van der Waals surface area contributed by atoms with E-state index >= 15 is 0 Å². The summed E-state index contributed by atoms with van der Waals surface area (Å²) in [6.07, 6.45) is 4.86. The van der Waals surface area contributed by atoms with Crippen molar-refractivity contribution in [2.45, 2.75) is 30.5 Å². The number of benzene rings is 2. The Hall–Kier alpha value is -0.860. The van der Waals surface area contributed by atoms with Crippen LogP contribution in [0.3, 0.4) is 0 Å². The van der Waals surface area contributed by atoms with E-state index in [0.29, 0.717) is 10.7 Å². The van der Waals surface area contributed by atoms with E-state index in [2.05, 4.69) is 46.3 Å². The summed E-state index contributed by atoms with van der Waals surface area (Å²) in [5, 5.41) is 2.97. The molecule has 20 heavy (non-hydrogen) atoms. The zero-order valence-electron chi connectivity index (χ0n) is 11.6. The smallest absolute Gasteiger partial charge is 0.0508 e. The fourth-order valence-electron chi connectivity index (χ4n) is 3.76. The Morgan fingerprint density at radius 3 is 2.75 bits per heavy atom. The molecule has 2 unspecified atom stereocenters. The highest BCUT2D eigenvalue weighted by atomic mass is 79.9. The molecule has 2 aromatic carbocycles. The van der Waals surface area contributed by atoms with Crippen LogP contribution in [0.1, 0.15) is 34.4 Å². The van der Waals surface area contributed by atoms with Gasteiger partial charge in [0.1, 0.15) is 0 Å². The first kappa shape index (κ1) is 12.8. The maximum atomic E-state index is 5.67. The zero-order valence-corrected chi connectivity index (χ0v) is 13.2. The van der Waals surface area contributed by atoms with Crippen molar-refractivity contribution in [3.8, 4) is 0 Å². The maximum Gasteiger partial charge on any atom is 0.0508 e. The average Bonchev–Trinajstić information content (AvgIpc) is 2.93. The van der Waals surface area contributed by atoms with Crippen molar-refractivity contribution >= 4 is 26.7 Å². The summed E-state index contributed by atoms with van der Waals surface area (Å²) in [4.78, 5) is 0.410. The lowest BCUT2D eigenvalue weighted by molar-refractivity contribution is 0.0547. The second kappa shape index (κ2) is 5.16. The van der Waals surface area contributed by atoms with Gasteiger partial charge in [0.25, 0.3) is 0 Å². The third kappa shape index (κ3) is 2.01. The van der Waals surface area contributed by atoms with Crippen LogP contribution in [0.25, 0.3) is 10.8 Å². The van der Waals surface area contributed by atoms with Crippen LogP contribution in [0.5, 0.6) is 0 Å². The van der Waals surface area contributed by atoms with Crippen LogP contribution in [-0.2, 0) is 17.6 Å². The minimum atomic E-state index is 0.410. The summed E-state index contributed by atoms with van der Waals surface area (Å²) in [6, 6.07) is 11.5. The second-order valence-electron chi connectivity index (χ2n) is 6.03. The number of hydrogen-bond donors (Lipinski definition) is 0. The average molecular weight is 331 g/mol. The standard InChI is InChI=1S/C18H19BrO/c19-18(14-4-2-10-20-11-14)16-9-8-13-7-6-12-3-1-5-15(16)17(12)13/h1,3,5,8-9,14,18H,2,4,6-7,10-11H2. The SMILES string of the molecule is BrC(c1ccc2c3c(cccc13)CC2)C1CCCOC1. The van der Waals surface area contributed by atoms with Crippen LogP contribution >= 0.6 is 15.9 Å². The zero-order chi connectivity index (χ0) is 13.5. The molecule has 0 spiro atoms. The van der Waals surface area contributed by atoms with Gasteiger partial charge in [0, 0.05) is 11.4 Å². The Bertz CT molecular complexity index is 633. The van der Waals surface area contributed by atoms with Crippen molar-refractivity contribution in [1.82, 2.24) is 0 Å². The quantitative estimate of drug-likeness (QED) is 0.718. The molecule has 0 radical (unpaired) electrons. The minimum Gasteiger partial charge on any atom is -0.381 e. The molecule has 0 amide bonds. The molecular formula is C18H19BrO. The normalized spacial score (nSPS) is 23.1. The molecule has 104 valence electrons. The van der Waals surface area contributed by atoms with Crippen LogP contribution in [0.4, 0.5) is 0 Å². The van der Waals surface area contributed by atoms with E-state index < -0.39 is 0 Å². The van der Waals surface area contributed by atoms with E-state index in [9.17, 15) is 0 Å². The molecule has 2 aliphatic rings. The van der Waals surface area contributed by atoms with Crippen molar-refractivity contribution in [3.63, 3.8) is 0 Å². The Kier molecular flexibility index (Phi) is 3.31. The molecule has 0 N–H and O–H groups in total. The van der Waals surface area contributed by atoms with Crippen molar-refractivity contribution in [3.05, 3.63) is 47.0 Å². The predicted octanol–water partition coefficient (Wildman–Crippen LogP) is 4.80. The number of ether oxygens (including phenoxy) is 1. The summed E-state index contributed by atoms with van der Waals surface area (Å²) < 4.78 is 5.67. The van der Waals surface area contributed by atoms with Gasteiger partial charge in [-0.05, 0) is 59.1 Å². The van der Waals surface area contributed by atoms with E-state index in [1.807, 2.05) is 0 Å². The number of hydrogen-bond acceptors (Lipinski definition) is 1. The molecule has 1 heterocycles. The van der Waals surface area contributed by atoms with Gasteiger partial charge in [-0.25, -0.2) is 0 Å². The Morgan fingerprint density at radius 1 is 1.10 bits per heavy atom. The first-order valence-corrected chi connectivity index (χ1v) is 8.51. The largest absolute Gasteiger partial charge is 0.381 e. The minimum absolute atomic E-state index is 0.410. The molecule has 0 aromatic heterocycles. The topological polar surface area (TPSA) is 9.23 Å². The lowest BCUT2D eigenvalue weighted by Gasteiger charge is -2.27. The van der Waals surface area contributed by atoms with Crippen LogP contribution < -0.4 is 0 Å². The molecule has 2 heteroatoms. The number of rotatable bonds is 2. The van der Waals surface area contributed by atoms with E-state index in [1.165, 1.54) is 53.1 Å². The molecule has 1 aliphatic carbocycles. The summed E-state index contributed by atoms with van der Waals surface area (Å²) in [7, 11) is 0.